The minimum Gasteiger partial charge on any atom is -0.356 e. The molecule has 1 rings (SSSR count). The van der Waals surface area contributed by atoms with Crippen LogP contribution < -0.4 is 10.6 Å². The first kappa shape index (κ1) is 17.5. The molecule has 2 amide bonds. The molecule has 0 saturated carbocycles. The van der Waals surface area contributed by atoms with Crippen molar-refractivity contribution in [2.24, 2.45) is 0 Å². The van der Waals surface area contributed by atoms with Crippen molar-refractivity contribution < 1.29 is 22.8 Å². The Balaban J connectivity index is 2.72. The zero-order valence-corrected chi connectivity index (χ0v) is 12.8. The second-order valence-corrected chi connectivity index (χ2v) is 5.01. The molecule has 116 valence electrons. The van der Waals surface area contributed by atoms with E-state index in [1.54, 1.807) is 6.92 Å². The van der Waals surface area contributed by atoms with Gasteiger partial charge in [0, 0.05) is 24.0 Å². The minimum absolute atomic E-state index is 0.0490. The number of hydrogen-bond acceptors (Lipinski definition) is 2. The number of carbonyl (C=O) groups is 2. The summed E-state index contributed by atoms with van der Waals surface area (Å²) in [5.41, 5.74) is -1.03. The van der Waals surface area contributed by atoms with Crippen molar-refractivity contribution in [3.8, 4) is 0 Å². The summed E-state index contributed by atoms with van der Waals surface area (Å²) in [6.07, 6.45) is -4.45. The van der Waals surface area contributed by atoms with E-state index in [1.807, 2.05) is 0 Å². The van der Waals surface area contributed by atoms with Crippen LogP contribution in [0.2, 0.25) is 0 Å². The molecule has 1 aromatic carbocycles. The number of alkyl halides is 3. The first-order chi connectivity index (χ1) is 9.75. The van der Waals surface area contributed by atoms with Crippen LogP contribution in [-0.4, -0.2) is 24.9 Å². The monoisotopic (exact) mass is 366 g/mol. The molecule has 0 aliphatic heterocycles. The topological polar surface area (TPSA) is 58.2 Å². The van der Waals surface area contributed by atoms with Crippen LogP contribution in [0.1, 0.15) is 29.3 Å². The number of benzene rings is 1. The van der Waals surface area contributed by atoms with E-state index in [9.17, 15) is 22.8 Å². The van der Waals surface area contributed by atoms with Crippen LogP contribution in [0.4, 0.5) is 13.2 Å². The van der Waals surface area contributed by atoms with Crippen molar-refractivity contribution in [2.45, 2.75) is 19.5 Å². The lowest BCUT2D eigenvalue weighted by Gasteiger charge is -2.11. The van der Waals surface area contributed by atoms with E-state index in [-0.39, 0.29) is 28.9 Å². The number of rotatable bonds is 5. The first-order valence-electron chi connectivity index (χ1n) is 6.17. The Morgan fingerprint density at radius 3 is 2.48 bits per heavy atom. The zero-order valence-electron chi connectivity index (χ0n) is 11.2. The first-order valence-corrected chi connectivity index (χ1v) is 6.96. The summed E-state index contributed by atoms with van der Waals surface area (Å²) in [6.45, 7) is 2.29. The van der Waals surface area contributed by atoms with Gasteiger partial charge in [0.25, 0.3) is 5.91 Å². The van der Waals surface area contributed by atoms with Crippen LogP contribution in [0, 0.1) is 0 Å². The van der Waals surface area contributed by atoms with Gasteiger partial charge in [-0.3, -0.25) is 9.59 Å². The molecule has 0 aliphatic rings. The molecule has 0 aromatic heterocycles. The Bertz CT molecular complexity index is 533. The van der Waals surface area contributed by atoms with Crippen LogP contribution in [0.3, 0.4) is 0 Å². The molecule has 4 nitrogen and oxygen atoms in total. The highest BCUT2D eigenvalue weighted by Crippen LogP contribution is 2.31. The highest BCUT2D eigenvalue weighted by atomic mass is 79.9. The van der Waals surface area contributed by atoms with Gasteiger partial charge in [0.2, 0.25) is 5.91 Å². The van der Waals surface area contributed by atoms with Gasteiger partial charge in [-0.25, -0.2) is 0 Å². The molecular weight excluding hydrogens is 353 g/mol. The van der Waals surface area contributed by atoms with Crippen LogP contribution in [0.25, 0.3) is 0 Å². The normalized spacial score (nSPS) is 11.1. The molecule has 1 aromatic rings. The molecule has 0 spiro atoms. The van der Waals surface area contributed by atoms with E-state index in [4.69, 9.17) is 0 Å². The fraction of sp³-hybridized carbons (Fsp3) is 0.385. The van der Waals surface area contributed by atoms with Crippen molar-refractivity contribution in [3.05, 3.63) is 33.8 Å². The largest absolute Gasteiger partial charge is 0.416 e. The predicted octanol–water partition coefficient (Wildman–Crippen LogP) is 2.72. The molecule has 0 heterocycles. The SMILES string of the molecule is CCNC(=O)CCNC(=O)c1cc(C(F)(F)F)ccc1Br. The third-order valence-corrected chi connectivity index (χ3v) is 3.24. The number of nitrogens with one attached hydrogen (secondary N) is 2. The van der Waals surface area contributed by atoms with Crippen molar-refractivity contribution >= 4 is 27.7 Å². The molecule has 0 saturated heterocycles. The van der Waals surface area contributed by atoms with Gasteiger partial charge in [0.15, 0.2) is 0 Å². The molecule has 21 heavy (non-hydrogen) atoms. The summed E-state index contributed by atoms with van der Waals surface area (Å²) in [5, 5.41) is 4.96. The maximum atomic E-state index is 12.6. The van der Waals surface area contributed by atoms with Crippen molar-refractivity contribution in [2.75, 3.05) is 13.1 Å². The molecule has 0 fully saturated rings. The quantitative estimate of drug-likeness (QED) is 0.841. The van der Waals surface area contributed by atoms with E-state index in [1.165, 1.54) is 6.07 Å². The smallest absolute Gasteiger partial charge is 0.356 e. The summed E-state index contributed by atoms with van der Waals surface area (Å²) >= 11 is 3.04. The standard InChI is InChI=1S/C13H14BrF3N2O2/c1-2-18-11(20)5-6-19-12(21)9-7-8(13(15,16)17)3-4-10(9)14/h3-4,7H,2,5-6H2,1H3,(H,18,20)(H,19,21). The lowest BCUT2D eigenvalue weighted by Crippen LogP contribution is -2.30. The summed E-state index contributed by atoms with van der Waals surface area (Å²) in [7, 11) is 0. The van der Waals surface area contributed by atoms with Crippen molar-refractivity contribution in [1.29, 1.82) is 0 Å². The van der Waals surface area contributed by atoms with E-state index < -0.39 is 17.6 Å². The molecule has 2 N–H and O–H groups in total. The second-order valence-electron chi connectivity index (χ2n) is 4.15. The third-order valence-electron chi connectivity index (χ3n) is 2.55. The Morgan fingerprint density at radius 1 is 1.24 bits per heavy atom. The summed E-state index contributed by atoms with van der Waals surface area (Å²) in [5.74, 6) is -0.904. The second kappa shape index (κ2) is 7.44. The molecule has 0 aliphatic carbocycles. The van der Waals surface area contributed by atoms with Crippen LogP contribution in [-0.2, 0) is 11.0 Å². The Labute approximate surface area is 128 Å². The highest BCUT2D eigenvalue weighted by Gasteiger charge is 2.31. The third kappa shape index (κ3) is 5.37. The lowest BCUT2D eigenvalue weighted by molar-refractivity contribution is -0.137. The van der Waals surface area contributed by atoms with Crippen molar-refractivity contribution in [3.63, 3.8) is 0 Å². The van der Waals surface area contributed by atoms with Crippen LogP contribution in [0.5, 0.6) is 0 Å². The Morgan fingerprint density at radius 2 is 1.90 bits per heavy atom. The lowest BCUT2D eigenvalue weighted by atomic mass is 10.1. The van der Waals surface area contributed by atoms with Gasteiger partial charge in [-0.15, -0.1) is 0 Å². The predicted molar refractivity (Wildman–Crippen MR) is 74.8 cm³/mol. The minimum atomic E-state index is -4.52. The van der Waals surface area contributed by atoms with Gasteiger partial charge in [-0.2, -0.15) is 13.2 Å². The molecular formula is C13H14BrF3N2O2. The fourth-order valence-corrected chi connectivity index (χ4v) is 1.97. The number of carbonyl (C=O) groups excluding carboxylic acids is 2. The fourth-order valence-electron chi connectivity index (χ4n) is 1.55. The molecule has 0 atom stereocenters. The van der Waals surface area contributed by atoms with E-state index in [2.05, 4.69) is 26.6 Å². The molecule has 0 unspecified atom stereocenters. The van der Waals surface area contributed by atoms with Crippen molar-refractivity contribution in [1.82, 2.24) is 10.6 Å². The summed E-state index contributed by atoms with van der Waals surface area (Å²) in [4.78, 5) is 23.0. The highest BCUT2D eigenvalue weighted by molar-refractivity contribution is 9.10. The van der Waals surface area contributed by atoms with E-state index >= 15 is 0 Å². The maximum absolute atomic E-state index is 12.6. The number of halogens is 4. The number of hydrogen-bond donors (Lipinski definition) is 2. The van der Waals surface area contributed by atoms with Crippen LogP contribution >= 0.6 is 15.9 Å². The van der Waals surface area contributed by atoms with E-state index in [0.29, 0.717) is 6.54 Å². The molecule has 8 heteroatoms. The van der Waals surface area contributed by atoms with Crippen LogP contribution in [0.15, 0.2) is 22.7 Å². The Hall–Kier alpha value is -1.57. The zero-order chi connectivity index (χ0) is 16.0. The van der Waals surface area contributed by atoms with Gasteiger partial charge in [-0.05, 0) is 41.1 Å². The summed E-state index contributed by atoms with van der Waals surface area (Å²) in [6, 6.07) is 2.82. The van der Waals surface area contributed by atoms with Gasteiger partial charge in [0.1, 0.15) is 0 Å². The maximum Gasteiger partial charge on any atom is 0.416 e. The van der Waals surface area contributed by atoms with Gasteiger partial charge >= 0.3 is 6.18 Å². The van der Waals surface area contributed by atoms with Gasteiger partial charge in [-0.1, -0.05) is 0 Å². The average Bonchev–Trinajstić information content (AvgIpc) is 2.38. The van der Waals surface area contributed by atoms with Gasteiger partial charge in [0.05, 0.1) is 11.1 Å². The van der Waals surface area contributed by atoms with Gasteiger partial charge < -0.3 is 10.6 Å². The van der Waals surface area contributed by atoms with E-state index in [0.717, 1.165) is 12.1 Å². The average molecular weight is 367 g/mol. The molecule has 0 bridgehead atoms. The molecule has 0 radical (unpaired) electrons. The Kier molecular flexibility index (Phi) is 6.19. The number of amides is 2. The summed E-state index contributed by atoms with van der Waals surface area (Å²) < 4.78 is 38.1.